The van der Waals surface area contributed by atoms with Crippen LogP contribution in [0.2, 0.25) is 5.02 Å². The number of morpholine rings is 1. The fraction of sp³-hybridized carbons (Fsp3) is 0.353. The second-order valence-corrected chi connectivity index (χ2v) is 6.26. The van der Waals surface area contributed by atoms with Gasteiger partial charge in [-0.05, 0) is 38.1 Å². The van der Waals surface area contributed by atoms with Crippen molar-refractivity contribution >= 4 is 17.5 Å². The van der Waals surface area contributed by atoms with Crippen molar-refractivity contribution in [3.8, 4) is 5.69 Å². The lowest BCUT2D eigenvalue weighted by Gasteiger charge is -2.30. The van der Waals surface area contributed by atoms with E-state index in [1.165, 1.54) is 6.07 Å². The number of nitrogens with zero attached hydrogens (tertiary/aromatic N) is 3. The number of rotatable bonds is 2. The number of aryl methyl sites for hydroxylation is 1. The molecule has 1 aliphatic rings. The van der Waals surface area contributed by atoms with Gasteiger partial charge in [-0.25, -0.2) is 4.68 Å². The highest BCUT2D eigenvalue weighted by atomic mass is 35.5. The third-order valence-electron chi connectivity index (χ3n) is 3.91. The van der Waals surface area contributed by atoms with Crippen molar-refractivity contribution in [1.29, 1.82) is 0 Å². The SMILES string of the molecule is Cc1cc(=O)c(C(=O)N2CCO[C@H](C)C2)nn1-c1ccc(Cl)cc1. The maximum atomic E-state index is 12.7. The second kappa shape index (κ2) is 6.75. The minimum absolute atomic E-state index is 0.0494. The lowest BCUT2D eigenvalue weighted by Crippen LogP contribution is -2.46. The molecule has 1 aliphatic heterocycles. The van der Waals surface area contributed by atoms with Gasteiger partial charge in [-0.15, -0.1) is 0 Å². The van der Waals surface area contributed by atoms with Crippen molar-refractivity contribution in [2.75, 3.05) is 19.7 Å². The molecule has 0 bridgehead atoms. The first-order chi connectivity index (χ1) is 11.5. The molecule has 0 spiro atoms. The summed E-state index contributed by atoms with van der Waals surface area (Å²) in [5.74, 6) is -0.363. The standard InChI is InChI=1S/C17H18ClN3O3/c1-11-9-15(22)16(17(23)20-7-8-24-12(2)10-20)19-21(11)14-5-3-13(18)4-6-14/h3-6,9,12H,7-8,10H2,1-2H3/t12-/m1/s1. The summed E-state index contributed by atoms with van der Waals surface area (Å²) in [5, 5.41) is 4.91. The van der Waals surface area contributed by atoms with Crippen LogP contribution in [0.15, 0.2) is 35.1 Å². The van der Waals surface area contributed by atoms with E-state index in [0.717, 1.165) is 5.69 Å². The summed E-state index contributed by atoms with van der Waals surface area (Å²) in [6, 6.07) is 8.48. The number of aromatic nitrogens is 2. The van der Waals surface area contributed by atoms with Crippen molar-refractivity contribution in [3.63, 3.8) is 0 Å². The summed E-state index contributed by atoms with van der Waals surface area (Å²) in [6.45, 7) is 5.04. The number of halogens is 1. The van der Waals surface area contributed by atoms with Crippen LogP contribution in [-0.4, -0.2) is 46.4 Å². The minimum atomic E-state index is -0.373. The van der Waals surface area contributed by atoms with E-state index >= 15 is 0 Å². The molecule has 7 heteroatoms. The van der Waals surface area contributed by atoms with Gasteiger partial charge in [-0.2, -0.15) is 5.10 Å². The quantitative estimate of drug-likeness (QED) is 0.834. The lowest BCUT2D eigenvalue weighted by molar-refractivity contribution is -0.0127. The van der Waals surface area contributed by atoms with Gasteiger partial charge in [0.2, 0.25) is 5.43 Å². The van der Waals surface area contributed by atoms with E-state index in [-0.39, 0.29) is 23.1 Å². The highest BCUT2D eigenvalue weighted by molar-refractivity contribution is 6.30. The third-order valence-corrected chi connectivity index (χ3v) is 4.16. The second-order valence-electron chi connectivity index (χ2n) is 5.82. The van der Waals surface area contributed by atoms with Gasteiger partial charge in [0.1, 0.15) is 0 Å². The topological polar surface area (TPSA) is 64.4 Å². The molecule has 6 nitrogen and oxygen atoms in total. The van der Waals surface area contributed by atoms with Gasteiger partial charge in [-0.3, -0.25) is 9.59 Å². The molecular weight excluding hydrogens is 330 g/mol. The summed E-state index contributed by atoms with van der Waals surface area (Å²) in [5.41, 5.74) is 0.932. The van der Waals surface area contributed by atoms with Crippen LogP contribution >= 0.6 is 11.6 Å². The largest absolute Gasteiger partial charge is 0.375 e. The molecule has 1 aromatic heterocycles. The molecule has 24 heavy (non-hydrogen) atoms. The van der Waals surface area contributed by atoms with Crippen LogP contribution in [0.25, 0.3) is 5.69 Å². The van der Waals surface area contributed by atoms with E-state index in [4.69, 9.17) is 16.3 Å². The average molecular weight is 348 g/mol. The molecule has 0 aliphatic carbocycles. The first kappa shape index (κ1) is 16.7. The van der Waals surface area contributed by atoms with E-state index in [0.29, 0.717) is 30.4 Å². The van der Waals surface area contributed by atoms with E-state index in [9.17, 15) is 9.59 Å². The number of ether oxygens (including phenoxy) is 1. The van der Waals surface area contributed by atoms with Gasteiger partial charge in [0.25, 0.3) is 5.91 Å². The zero-order valence-corrected chi connectivity index (χ0v) is 14.3. The number of amides is 1. The number of benzene rings is 1. The van der Waals surface area contributed by atoms with Crippen molar-refractivity contribution < 1.29 is 9.53 Å². The fourth-order valence-electron chi connectivity index (χ4n) is 2.69. The van der Waals surface area contributed by atoms with Gasteiger partial charge >= 0.3 is 0 Å². The molecule has 1 amide bonds. The summed E-state index contributed by atoms with van der Waals surface area (Å²) < 4.78 is 7.02. The van der Waals surface area contributed by atoms with Gasteiger partial charge < -0.3 is 9.64 Å². The zero-order chi connectivity index (χ0) is 17.3. The molecule has 3 rings (SSSR count). The Labute approximate surface area is 144 Å². The molecule has 0 saturated carbocycles. The van der Waals surface area contributed by atoms with Gasteiger partial charge in [0, 0.05) is 29.9 Å². The molecule has 0 radical (unpaired) electrons. The molecule has 0 N–H and O–H groups in total. The molecule has 126 valence electrons. The number of carbonyl (C=O) groups is 1. The Bertz CT molecular complexity index is 817. The predicted molar refractivity (Wildman–Crippen MR) is 90.9 cm³/mol. The lowest BCUT2D eigenvalue weighted by atomic mass is 10.2. The Balaban J connectivity index is 1.99. The molecule has 1 saturated heterocycles. The van der Waals surface area contributed by atoms with E-state index < -0.39 is 0 Å². The molecular formula is C17H18ClN3O3. The summed E-state index contributed by atoms with van der Waals surface area (Å²) >= 11 is 5.91. The van der Waals surface area contributed by atoms with Crippen LogP contribution in [0.1, 0.15) is 23.1 Å². The molecule has 1 atom stereocenters. The highest BCUT2D eigenvalue weighted by Gasteiger charge is 2.26. The zero-order valence-electron chi connectivity index (χ0n) is 13.5. The summed E-state index contributed by atoms with van der Waals surface area (Å²) in [6.07, 6.45) is -0.0494. The monoisotopic (exact) mass is 347 g/mol. The van der Waals surface area contributed by atoms with Crippen molar-refractivity contribution in [3.05, 3.63) is 57.0 Å². The maximum absolute atomic E-state index is 12.7. The number of hydrogen-bond acceptors (Lipinski definition) is 4. The molecule has 1 fully saturated rings. The van der Waals surface area contributed by atoms with E-state index in [2.05, 4.69) is 5.10 Å². The molecule has 0 unspecified atom stereocenters. The third kappa shape index (κ3) is 3.34. The number of hydrogen-bond donors (Lipinski definition) is 0. The van der Waals surface area contributed by atoms with Crippen LogP contribution < -0.4 is 5.43 Å². The van der Waals surface area contributed by atoms with Crippen LogP contribution in [0.4, 0.5) is 0 Å². The molecule has 1 aromatic carbocycles. The van der Waals surface area contributed by atoms with Crippen molar-refractivity contribution in [1.82, 2.24) is 14.7 Å². The van der Waals surface area contributed by atoms with Crippen LogP contribution in [0, 0.1) is 6.92 Å². The minimum Gasteiger partial charge on any atom is -0.375 e. The fourth-order valence-corrected chi connectivity index (χ4v) is 2.82. The van der Waals surface area contributed by atoms with Gasteiger partial charge in [0.05, 0.1) is 18.4 Å². The van der Waals surface area contributed by atoms with Crippen molar-refractivity contribution in [2.24, 2.45) is 0 Å². The Morgan fingerprint density at radius 2 is 2.04 bits per heavy atom. The Morgan fingerprint density at radius 1 is 1.33 bits per heavy atom. The average Bonchev–Trinajstić information content (AvgIpc) is 2.55. The van der Waals surface area contributed by atoms with Crippen LogP contribution in [-0.2, 0) is 4.74 Å². The first-order valence-corrected chi connectivity index (χ1v) is 8.11. The van der Waals surface area contributed by atoms with Gasteiger partial charge in [0.15, 0.2) is 5.69 Å². The first-order valence-electron chi connectivity index (χ1n) is 7.73. The highest BCUT2D eigenvalue weighted by Crippen LogP contribution is 2.14. The summed E-state index contributed by atoms with van der Waals surface area (Å²) in [4.78, 5) is 26.6. The molecule has 2 heterocycles. The van der Waals surface area contributed by atoms with E-state index in [1.54, 1.807) is 40.8 Å². The Morgan fingerprint density at radius 3 is 2.71 bits per heavy atom. The predicted octanol–water partition coefficient (Wildman–Crippen LogP) is 2.06. The Hall–Kier alpha value is -2.18. The maximum Gasteiger partial charge on any atom is 0.278 e. The Kier molecular flexibility index (Phi) is 4.69. The van der Waals surface area contributed by atoms with Crippen LogP contribution in [0.5, 0.6) is 0 Å². The van der Waals surface area contributed by atoms with E-state index in [1.807, 2.05) is 6.92 Å². The van der Waals surface area contributed by atoms with Crippen LogP contribution in [0.3, 0.4) is 0 Å². The number of carbonyl (C=O) groups excluding carboxylic acids is 1. The molecule has 2 aromatic rings. The van der Waals surface area contributed by atoms with Crippen molar-refractivity contribution in [2.45, 2.75) is 20.0 Å². The summed E-state index contributed by atoms with van der Waals surface area (Å²) in [7, 11) is 0. The smallest absolute Gasteiger partial charge is 0.278 e. The van der Waals surface area contributed by atoms with Gasteiger partial charge in [-0.1, -0.05) is 11.6 Å². The normalized spacial score (nSPS) is 17.8.